The van der Waals surface area contributed by atoms with Crippen molar-refractivity contribution >= 4 is 0 Å². The van der Waals surface area contributed by atoms with Crippen LogP contribution in [0.2, 0.25) is 0 Å². The smallest absolute Gasteiger partial charge is 0.155 e. The highest BCUT2D eigenvalue weighted by atomic mass is 19.1. The number of nitrogens with zero attached hydrogens (tertiary/aromatic N) is 4. The van der Waals surface area contributed by atoms with Crippen LogP contribution in [0.5, 0.6) is 0 Å². The molecule has 5 nitrogen and oxygen atoms in total. The van der Waals surface area contributed by atoms with Crippen molar-refractivity contribution in [3.63, 3.8) is 0 Å². The summed E-state index contributed by atoms with van der Waals surface area (Å²) in [7, 11) is 0. The number of alkyl halides is 1. The van der Waals surface area contributed by atoms with E-state index in [1.54, 1.807) is 10.9 Å². The molecule has 0 spiro atoms. The van der Waals surface area contributed by atoms with Crippen molar-refractivity contribution < 1.29 is 4.39 Å². The zero-order valence-corrected chi connectivity index (χ0v) is 9.55. The lowest BCUT2D eigenvalue weighted by atomic mass is 10.3. The predicted molar refractivity (Wildman–Crippen MR) is 61.5 cm³/mol. The van der Waals surface area contributed by atoms with Crippen LogP contribution in [0.15, 0.2) is 30.7 Å². The standard InChI is InChI=1S/C11H14FN5/c1-9(13-7-5-12)11-15-8-16-17(11)10-4-2-3-6-14-10/h2-4,6,8-9,13H,5,7H2,1H3. The number of rotatable bonds is 5. The first-order valence-electron chi connectivity index (χ1n) is 5.43. The van der Waals surface area contributed by atoms with Gasteiger partial charge in [0.15, 0.2) is 11.6 Å². The maximum atomic E-state index is 12.1. The van der Waals surface area contributed by atoms with Gasteiger partial charge >= 0.3 is 0 Å². The van der Waals surface area contributed by atoms with Gasteiger partial charge in [0.25, 0.3) is 0 Å². The van der Waals surface area contributed by atoms with E-state index in [4.69, 9.17) is 0 Å². The molecule has 2 aromatic heterocycles. The Bertz CT molecular complexity index is 456. The van der Waals surface area contributed by atoms with E-state index >= 15 is 0 Å². The molecular weight excluding hydrogens is 221 g/mol. The Labute approximate surface area is 98.7 Å². The van der Waals surface area contributed by atoms with Crippen LogP contribution in [0.3, 0.4) is 0 Å². The summed E-state index contributed by atoms with van der Waals surface area (Å²) in [5.41, 5.74) is 0. The molecule has 6 heteroatoms. The lowest BCUT2D eigenvalue weighted by molar-refractivity contribution is 0.434. The summed E-state index contributed by atoms with van der Waals surface area (Å²) in [6.07, 6.45) is 3.16. The second-order valence-electron chi connectivity index (χ2n) is 3.58. The van der Waals surface area contributed by atoms with Gasteiger partial charge in [-0.15, -0.1) is 0 Å². The summed E-state index contributed by atoms with van der Waals surface area (Å²) < 4.78 is 13.7. The van der Waals surface area contributed by atoms with Crippen molar-refractivity contribution in [3.8, 4) is 5.82 Å². The van der Waals surface area contributed by atoms with Crippen LogP contribution < -0.4 is 5.32 Å². The predicted octanol–water partition coefficient (Wildman–Crippen LogP) is 1.28. The van der Waals surface area contributed by atoms with Gasteiger partial charge in [-0.2, -0.15) is 9.78 Å². The molecule has 0 fully saturated rings. The molecule has 2 aromatic rings. The average Bonchev–Trinajstić information content (AvgIpc) is 2.86. The number of halogens is 1. The molecule has 1 atom stereocenters. The highest BCUT2D eigenvalue weighted by Gasteiger charge is 2.13. The molecule has 0 aliphatic carbocycles. The Morgan fingerprint density at radius 2 is 2.29 bits per heavy atom. The molecule has 2 heterocycles. The van der Waals surface area contributed by atoms with Crippen LogP contribution in [-0.2, 0) is 0 Å². The van der Waals surface area contributed by atoms with Gasteiger partial charge in [0, 0.05) is 12.7 Å². The Morgan fingerprint density at radius 3 is 3.00 bits per heavy atom. The van der Waals surface area contributed by atoms with Crippen molar-refractivity contribution in [2.75, 3.05) is 13.2 Å². The summed E-state index contributed by atoms with van der Waals surface area (Å²) in [4.78, 5) is 8.38. The third-order valence-electron chi connectivity index (χ3n) is 2.37. The Morgan fingerprint density at radius 1 is 1.41 bits per heavy atom. The van der Waals surface area contributed by atoms with Crippen molar-refractivity contribution in [2.45, 2.75) is 13.0 Å². The van der Waals surface area contributed by atoms with Gasteiger partial charge in [0.2, 0.25) is 0 Å². The van der Waals surface area contributed by atoms with Crippen LogP contribution >= 0.6 is 0 Å². The van der Waals surface area contributed by atoms with Crippen LogP contribution in [-0.4, -0.2) is 33.0 Å². The molecule has 2 rings (SSSR count). The van der Waals surface area contributed by atoms with Crippen molar-refractivity contribution in [2.24, 2.45) is 0 Å². The number of nitrogens with one attached hydrogen (secondary N) is 1. The molecule has 1 N–H and O–H groups in total. The fraction of sp³-hybridized carbons (Fsp3) is 0.364. The van der Waals surface area contributed by atoms with E-state index in [2.05, 4.69) is 20.4 Å². The van der Waals surface area contributed by atoms with E-state index < -0.39 is 6.67 Å². The maximum Gasteiger partial charge on any atom is 0.155 e. The van der Waals surface area contributed by atoms with Crippen molar-refractivity contribution in [1.82, 2.24) is 25.1 Å². The minimum absolute atomic E-state index is 0.0738. The van der Waals surface area contributed by atoms with Gasteiger partial charge in [-0.1, -0.05) is 6.07 Å². The molecule has 0 bridgehead atoms. The Kier molecular flexibility index (Phi) is 3.77. The first kappa shape index (κ1) is 11.7. The minimum Gasteiger partial charge on any atom is -0.305 e. The lowest BCUT2D eigenvalue weighted by Gasteiger charge is -2.12. The van der Waals surface area contributed by atoms with Gasteiger partial charge in [0.05, 0.1) is 6.04 Å². The molecule has 0 aliphatic heterocycles. The zero-order chi connectivity index (χ0) is 12.1. The summed E-state index contributed by atoms with van der Waals surface area (Å²) in [5, 5.41) is 7.14. The molecule has 90 valence electrons. The van der Waals surface area contributed by atoms with Gasteiger partial charge in [-0.25, -0.2) is 14.4 Å². The average molecular weight is 235 g/mol. The van der Waals surface area contributed by atoms with E-state index in [1.807, 2.05) is 25.1 Å². The normalized spacial score (nSPS) is 12.6. The SMILES string of the molecule is CC(NCCF)c1ncnn1-c1ccccn1. The van der Waals surface area contributed by atoms with Gasteiger partial charge in [-0.3, -0.25) is 0 Å². The zero-order valence-electron chi connectivity index (χ0n) is 9.55. The van der Waals surface area contributed by atoms with E-state index in [-0.39, 0.29) is 6.04 Å². The summed E-state index contributed by atoms with van der Waals surface area (Å²) >= 11 is 0. The highest BCUT2D eigenvalue weighted by molar-refractivity contribution is 5.21. The number of hydrogen-bond acceptors (Lipinski definition) is 4. The highest BCUT2D eigenvalue weighted by Crippen LogP contribution is 2.12. The van der Waals surface area contributed by atoms with E-state index in [1.165, 1.54) is 6.33 Å². The van der Waals surface area contributed by atoms with Crippen molar-refractivity contribution in [1.29, 1.82) is 0 Å². The second kappa shape index (κ2) is 5.49. The Hall–Kier alpha value is -1.82. The maximum absolute atomic E-state index is 12.1. The fourth-order valence-corrected chi connectivity index (χ4v) is 1.56. The molecule has 1 unspecified atom stereocenters. The number of hydrogen-bond donors (Lipinski definition) is 1. The van der Waals surface area contributed by atoms with Crippen LogP contribution in [0.1, 0.15) is 18.8 Å². The van der Waals surface area contributed by atoms with Crippen molar-refractivity contribution in [3.05, 3.63) is 36.5 Å². The van der Waals surface area contributed by atoms with Gasteiger partial charge < -0.3 is 5.32 Å². The van der Waals surface area contributed by atoms with Crippen LogP contribution in [0.25, 0.3) is 5.82 Å². The molecule has 0 aromatic carbocycles. The monoisotopic (exact) mass is 235 g/mol. The Balaban J connectivity index is 2.23. The van der Waals surface area contributed by atoms with Gasteiger partial charge in [-0.05, 0) is 19.1 Å². The third-order valence-corrected chi connectivity index (χ3v) is 2.37. The van der Waals surface area contributed by atoms with E-state index in [0.717, 1.165) is 5.82 Å². The molecule has 0 aliphatic rings. The number of pyridine rings is 1. The van der Waals surface area contributed by atoms with Crippen LogP contribution in [0.4, 0.5) is 4.39 Å². The summed E-state index contributed by atoms with van der Waals surface area (Å²) in [6, 6.07) is 5.49. The van der Waals surface area contributed by atoms with E-state index in [0.29, 0.717) is 12.4 Å². The molecule has 0 saturated heterocycles. The molecular formula is C11H14FN5. The van der Waals surface area contributed by atoms with Crippen LogP contribution in [0, 0.1) is 0 Å². The first-order valence-corrected chi connectivity index (χ1v) is 5.43. The first-order chi connectivity index (χ1) is 8.33. The van der Waals surface area contributed by atoms with E-state index in [9.17, 15) is 4.39 Å². The summed E-state index contributed by atoms with van der Waals surface area (Å²) in [5.74, 6) is 1.42. The van der Waals surface area contributed by atoms with Gasteiger partial charge in [0.1, 0.15) is 13.0 Å². The quantitative estimate of drug-likeness (QED) is 0.848. The topological polar surface area (TPSA) is 55.6 Å². The number of aromatic nitrogens is 4. The lowest BCUT2D eigenvalue weighted by Crippen LogP contribution is -2.24. The molecule has 17 heavy (non-hydrogen) atoms. The molecule has 0 amide bonds. The second-order valence-corrected chi connectivity index (χ2v) is 3.58. The summed E-state index contributed by atoms with van der Waals surface area (Å²) in [6.45, 7) is 1.82. The fourth-order valence-electron chi connectivity index (χ4n) is 1.56. The third kappa shape index (κ3) is 2.65. The molecule has 0 radical (unpaired) electrons. The largest absolute Gasteiger partial charge is 0.305 e. The minimum atomic E-state index is -0.401. The molecule has 0 saturated carbocycles.